The minimum absolute atomic E-state index is 0.00912. The van der Waals surface area contributed by atoms with Crippen LogP contribution in [0.1, 0.15) is 33.6 Å². The number of nitrogens with zero attached hydrogens (tertiary/aromatic N) is 2. The van der Waals surface area contributed by atoms with Gasteiger partial charge in [0.2, 0.25) is 5.91 Å². The van der Waals surface area contributed by atoms with Crippen molar-refractivity contribution in [3.05, 3.63) is 38.9 Å². The number of hydrogen-bond acceptors (Lipinski definition) is 5. The fourth-order valence-electron chi connectivity index (χ4n) is 2.44. The number of amides is 1. The van der Waals surface area contributed by atoms with Crippen molar-refractivity contribution in [2.45, 2.75) is 46.2 Å². The van der Waals surface area contributed by atoms with Crippen LogP contribution in [0, 0.1) is 16.0 Å². The van der Waals surface area contributed by atoms with Gasteiger partial charge < -0.3 is 9.73 Å². The van der Waals surface area contributed by atoms with Crippen molar-refractivity contribution in [3.63, 3.8) is 0 Å². The maximum atomic E-state index is 12.1. The van der Waals surface area contributed by atoms with E-state index < -0.39 is 10.7 Å². The van der Waals surface area contributed by atoms with Crippen LogP contribution in [0.25, 0.3) is 11.1 Å². The Kier molecular flexibility index (Phi) is 5.38. The first-order valence-electron chi connectivity index (χ1n) is 7.85. The van der Waals surface area contributed by atoms with E-state index in [0.29, 0.717) is 11.4 Å². The number of rotatable bonds is 7. The molecule has 0 saturated carbocycles. The molecule has 2 rings (SSSR count). The van der Waals surface area contributed by atoms with Crippen LogP contribution in [0.2, 0.25) is 0 Å². The molecule has 0 aliphatic carbocycles. The smallest absolute Gasteiger partial charge is 0.407 e. The number of aromatic nitrogens is 1. The molecule has 1 unspecified atom stereocenters. The Hall–Kier alpha value is -2.64. The second-order valence-electron chi connectivity index (χ2n) is 6.30. The van der Waals surface area contributed by atoms with Gasteiger partial charge >= 0.3 is 5.76 Å². The number of carbonyl (C=O) groups is 1. The molecule has 1 aromatic carbocycles. The predicted molar refractivity (Wildman–Crippen MR) is 88.8 cm³/mol. The van der Waals surface area contributed by atoms with E-state index in [9.17, 15) is 19.7 Å². The van der Waals surface area contributed by atoms with Gasteiger partial charge in [-0.05, 0) is 31.7 Å². The van der Waals surface area contributed by atoms with Gasteiger partial charge in [-0.25, -0.2) is 4.79 Å². The molecule has 1 heterocycles. The molecule has 0 saturated heterocycles. The van der Waals surface area contributed by atoms with Crippen LogP contribution in [0.15, 0.2) is 27.4 Å². The molecule has 1 N–H and O–H groups in total. The van der Waals surface area contributed by atoms with Crippen molar-refractivity contribution in [2.75, 3.05) is 0 Å². The van der Waals surface area contributed by atoms with Crippen LogP contribution in [0.4, 0.5) is 5.69 Å². The highest BCUT2D eigenvalue weighted by molar-refractivity contribution is 5.80. The van der Waals surface area contributed by atoms with Gasteiger partial charge in [-0.2, -0.15) is 0 Å². The SMILES string of the molecule is CC(C)CCC(C)NC(=O)Cn1c(=O)oc2cc([N+](=O)[O-])ccc21. The largest absolute Gasteiger partial charge is 0.420 e. The maximum absolute atomic E-state index is 12.1. The zero-order valence-electron chi connectivity index (χ0n) is 13.9. The Bertz CT molecular complexity index is 806. The van der Waals surface area contributed by atoms with E-state index >= 15 is 0 Å². The Labute approximate surface area is 138 Å². The number of nitro benzene ring substituents is 1. The van der Waals surface area contributed by atoms with Crippen LogP contribution >= 0.6 is 0 Å². The second-order valence-corrected chi connectivity index (χ2v) is 6.30. The summed E-state index contributed by atoms with van der Waals surface area (Å²) in [6, 6.07) is 3.87. The molecule has 1 amide bonds. The van der Waals surface area contributed by atoms with E-state index in [1.54, 1.807) is 0 Å². The van der Waals surface area contributed by atoms with Gasteiger partial charge in [-0.15, -0.1) is 0 Å². The monoisotopic (exact) mass is 335 g/mol. The van der Waals surface area contributed by atoms with Crippen molar-refractivity contribution >= 4 is 22.7 Å². The predicted octanol–water partition coefficient (Wildman–Crippen LogP) is 2.44. The zero-order chi connectivity index (χ0) is 17.9. The third kappa shape index (κ3) is 4.21. The highest BCUT2D eigenvalue weighted by atomic mass is 16.6. The normalized spacial score (nSPS) is 12.5. The van der Waals surface area contributed by atoms with Crippen LogP contribution < -0.4 is 11.1 Å². The van der Waals surface area contributed by atoms with Crippen molar-refractivity contribution in [1.82, 2.24) is 9.88 Å². The number of nitro groups is 1. The highest BCUT2D eigenvalue weighted by Gasteiger charge is 2.17. The molecule has 24 heavy (non-hydrogen) atoms. The summed E-state index contributed by atoms with van der Waals surface area (Å²) in [5.41, 5.74) is 0.278. The third-order valence-electron chi connectivity index (χ3n) is 3.75. The number of oxazole rings is 1. The lowest BCUT2D eigenvalue weighted by Gasteiger charge is -2.15. The van der Waals surface area contributed by atoms with E-state index in [2.05, 4.69) is 19.2 Å². The van der Waals surface area contributed by atoms with Crippen molar-refractivity contribution in [3.8, 4) is 0 Å². The Morgan fingerprint density at radius 1 is 1.33 bits per heavy atom. The fraction of sp³-hybridized carbons (Fsp3) is 0.500. The van der Waals surface area contributed by atoms with Crippen molar-refractivity contribution < 1.29 is 14.1 Å². The van der Waals surface area contributed by atoms with E-state index in [1.165, 1.54) is 22.8 Å². The van der Waals surface area contributed by atoms with Gasteiger partial charge in [0.15, 0.2) is 5.58 Å². The molecule has 1 aromatic heterocycles. The van der Waals surface area contributed by atoms with Crippen LogP contribution in [-0.2, 0) is 11.3 Å². The van der Waals surface area contributed by atoms with Gasteiger partial charge in [0, 0.05) is 12.1 Å². The summed E-state index contributed by atoms with van der Waals surface area (Å²) in [5, 5.41) is 13.6. The van der Waals surface area contributed by atoms with E-state index in [-0.39, 0.29) is 29.8 Å². The van der Waals surface area contributed by atoms with Crippen molar-refractivity contribution in [2.24, 2.45) is 5.92 Å². The molecule has 0 radical (unpaired) electrons. The van der Waals surface area contributed by atoms with Crippen LogP contribution in [0.5, 0.6) is 0 Å². The lowest BCUT2D eigenvalue weighted by Crippen LogP contribution is -2.36. The quantitative estimate of drug-likeness (QED) is 0.617. The highest BCUT2D eigenvalue weighted by Crippen LogP contribution is 2.20. The molecule has 0 aliphatic heterocycles. The minimum Gasteiger partial charge on any atom is -0.407 e. The summed E-state index contributed by atoms with van der Waals surface area (Å²) in [6.07, 6.45) is 1.86. The maximum Gasteiger partial charge on any atom is 0.420 e. The van der Waals surface area contributed by atoms with Gasteiger partial charge in [-0.1, -0.05) is 13.8 Å². The molecule has 8 heteroatoms. The number of hydrogen-bond donors (Lipinski definition) is 1. The minimum atomic E-state index is -0.713. The molecule has 2 aromatic rings. The average Bonchev–Trinajstić information content (AvgIpc) is 2.80. The lowest BCUT2D eigenvalue weighted by atomic mass is 10.0. The third-order valence-corrected chi connectivity index (χ3v) is 3.75. The van der Waals surface area contributed by atoms with E-state index in [1.807, 2.05) is 6.92 Å². The summed E-state index contributed by atoms with van der Waals surface area (Å²) >= 11 is 0. The Morgan fingerprint density at radius 2 is 2.04 bits per heavy atom. The molecule has 0 bridgehead atoms. The first kappa shape index (κ1) is 17.7. The summed E-state index contributed by atoms with van der Waals surface area (Å²) in [6.45, 7) is 5.96. The number of benzene rings is 1. The Balaban J connectivity index is 2.12. The van der Waals surface area contributed by atoms with E-state index in [4.69, 9.17) is 4.42 Å². The molecular formula is C16H21N3O5. The number of non-ortho nitro benzene ring substituents is 1. The summed E-state index contributed by atoms with van der Waals surface area (Å²) < 4.78 is 6.17. The molecule has 0 aliphatic rings. The molecule has 1 atom stereocenters. The molecule has 130 valence electrons. The fourth-order valence-corrected chi connectivity index (χ4v) is 2.44. The topological polar surface area (TPSA) is 107 Å². The number of nitrogens with one attached hydrogen (secondary N) is 1. The van der Waals surface area contributed by atoms with E-state index in [0.717, 1.165) is 12.8 Å². The molecular weight excluding hydrogens is 314 g/mol. The summed E-state index contributed by atoms with van der Waals surface area (Å²) in [4.78, 5) is 34.2. The second kappa shape index (κ2) is 7.29. The first-order chi connectivity index (χ1) is 11.3. The van der Waals surface area contributed by atoms with Crippen LogP contribution in [0.3, 0.4) is 0 Å². The molecule has 0 spiro atoms. The summed E-state index contributed by atoms with van der Waals surface area (Å²) in [7, 11) is 0. The van der Waals surface area contributed by atoms with Gasteiger partial charge in [0.05, 0.1) is 16.5 Å². The molecule has 8 nitrogen and oxygen atoms in total. The first-order valence-corrected chi connectivity index (χ1v) is 7.85. The van der Waals surface area contributed by atoms with Gasteiger partial charge in [0.1, 0.15) is 6.54 Å². The zero-order valence-corrected chi connectivity index (χ0v) is 13.9. The average molecular weight is 335 g/mol. The summed E-state index contributed by atoms with van der Waals surface area (Å²) in [5.74, 6) is -0.453. The van der Waals surface area contributed by atoms with Gasteiger partial charge in [0.25, 0.3) is 5.69 Å². The number of carbonyl (C=O) groups excluding carboxylic acids is 1. The van der Waals surface area contributed by atoms with Crippen LogP contribution in [-0.4, -0.2) is 21.4 Å². The lowest BCUT2D eigenvalue weighted by molar-refractivity contribution is -0.384. The number of fused-ring (bicyclic) bond motifs is 1. The van der Waals surface area contributed by atoms with Crippen molar-refractivity contribution in [1.29, 1.82) is 0 Å². The van der Waals surface area contributed by atoms with Gasteiger partial charge in [-0.3, -0.25) is 19.5 Å². The molecule has 0 fully saturated rings. The Morgan fingerprint density at radius 3 is 2.67 bits per heavy atom. The standard InChI is InChI=1S/C16H21N3O5/c1-10(2)4-5-11(3)17-15(20)9-18-13-7-6-12(19(22)23)8-14(13)24-16(18)21/h6-8,10-11H,4-5,9H2,1-3H3,(H,17,20).